The van der Waals surface area contributed by atoms with E-state index < -0.39 is 0 Å². The SMILES string of the molecule is C.CC12CCC3C(CCC4CC(O)CCC43C)C1CCC2=C1CC1. The molecule has 1 N–H and O–H groups in total. The summed E-state index contributed by atoms with van der Waals surface area (Å²) in [5, 5.41) is 10.1. The van der Waals surface area contributed by atoms with E-state index in [1.54, 1.807) is 0 Å². The van der Waals surface area contributed by atoms with Crippen LogP contribution >= 0.6 is 0 Å². The maximum atomic E-state index is 10.1. The number of fused-ring (bicyclic) bond motifs is 5. The molecule has 0 aromatic rings. The smallest absolute Gasteiger partial charge is 0.0543 e. The maximum absolute atomic E-state index is 10.1. The van der Waals surface area contributed by atoms with Gasteiger partial charge in [0.2, 0.25) is 0 Å². The topological polar surface area (TPSA) is 20.2 Å². The van der Waals surface area contributed by atoms with Crippen LogP contribution in [0.15, 0.2) is 11.1 Å². The van der Waals surface area contributed by atoms with Gasteiger partial charge in [-0.05, 0) is 105 Å². The molecule has 136 valence electrons. The Morgan fingerprint density at radius 1 is 0.875 bits per heavy atom. The second-order valence-electron chi connectivity index (χ2n) is 10.2. The fourth-order valence-electron chi connectivity index (χ4n) is 7.99. The van der Waals surface area contributed by atoms with Gasteiger partial charge in [0.05, 0.1) is 6.10 Å². The van der Waals surface area contributed by atoms with E-state index in [2.05, 4.69) is 13.8 Å². The van der Waals surface area contributed by atoms with Crippen LogP contribution in [0.5, 0.6) is 0 Å². The second kappa shape index (κ2) is 5.60. The van der Waals surface area contributed by atoms with Crippen LogP contribution in [0.4, 0.5) is 0 Å². The lowest BCUT2D eigenvalue weighted by molar-refractivity contribution is -0.116. The van der Waals surface area contributed by atoms with Crippen molar-refractivity contribution in [3.8, 4) is 0 Å². The lowest BCUT2D eigenvalue weighted by atomic mass is 9.45. The Morgan fingerprint density at radius 3 is 2.42 bits per heavy atom. The van der Waals surface area contributed by atoms with Gasteiger partial charge in [-0.1, -0.05) is 32.4 Å². The third-order valence-electron chi connectivity index (χ3n) is 9.35. The summed E-state index contributed by atoms with van der Waals surface area (Å²) in [5.41, 5.74) is 4.89. The summed E-state index contributed by atoms with van der Waals surface area (Å²) in [6, 6.07) is 0. The molecular formula is C23H38O. The summed E-state index contributed by atoms with van der Waals surface area (Å²) in [4.78, 5) is 0. The lowest BCUT2D eigenvalue weighted by Crippen LogP contribution is -2.53. The highest BCUT2D eigenvalue weighted by Crippen LogP contribution is 2.68. The number of allylic oxidation sites excluding steroid dienone is 2. The van der Waals surface area contributed by atoms with Crippen molar-refractivity contribution in [1.82, 2.24) is 0 Å². The monoisotopic (exact) mass is 330 g/mol. The molecule has 0 spiro atoms. The van der Waals surface area contributed by atoms with E-state index >= 15 is 0 Å². The quantitative estimate of drug-likeness (QED) is 0.531. The first-order valence-electron chi connectivity index (χ1n) is 10.4. The Morgan fingerprint density at radius 2 is 1.67 bits per heavy atom. The zero-order valence-electron chi connectivity index (χ0n) is 15.1. The molecule has 5 aliphatic rings. The highest BCUT2D eigenvalue weighted by atomic mass is 16.3. The number of aliphatic hydroxyl groups excluding tert-OH is 1. The Hall–Kier alpha value is -0.300. The largest absolute Gasteiger partial charge is 0.393 e. The first-order chi connectivity index (χ1) is 11.0. The molecule has 0 radical (unpaired) electrons. The van der Waals surface area contributed by atoms with Gasteiger partial charge in [0.1, 0.15) is 0 Å². The van der Waals surface area contributed by atoms with Crippen LogP contribution in [-0.4, -0.2) is 11.2 Å². The average molecular weight is 331 g/mol. The van der Waals surface area contributed by atoms with Gasteiger partial charge in [0.25, 0.3) is 0 Å². The molecule has 1 heteroatoms. The molecule has 5 rings (SSSR count). The first kappa shape index (κ1) is 17.1. The van der Waals surface area contributed by atoms with Crippen molar-refractivity contribution in [3.63, 3.8) is 0 Å². The minimum absolute atomic E-state index is 0. The zero-order chi connectivity index (χ0) is 15.8. The van der Waals surface area contributed by atoms with Crippen LogP contribution in [0.2, 0.25) is 0 Å². The van der Waals surface area contributed by atoms with Crippen LogP contribution in [0.1, 0.15) is 91.9 Å². The zero-order valence-corrected chi connectivity index (χ0v) is 15.1. The molecule has 5 aliphatic carbocycles. The maximum Gasteiger partial charge on any atom is 0.0543 e. The van der Waals surface area contributed by atoms with Crippen molar-refractivity contribution >= 4 is 0 Å². The van der Waals surface area contributed by atoms with Crippen molar-refractivity contribution in [1.29, 1.82) is 0 Å². The molecule has 0 amide bonds. The van der Waals surface area contributed by atoms with E-state index in [9.17, 15) is 5.11 Å². The summed E-state index contributed by atoms with van der Waals surface area (Å²) in [6.07, 6.45) is 15.0. The molecule has 0 aromatic heterocycles. The molecule has 0 aromatic carbocycles. The molecule has 0 aliphatic heterocycles. The molecule has 1 nitrogen and oxygen atoms in total. The van der Waals surface area contributed by atoms with E-state index in [1.807, 2.05) is 11.1 Å². The molecule has 0 bridgehead atoms. The molecule has 5 fully saturated rings. The van der Waals surface area contributed by atoms with Crippen LogP contribution < -0.4 is 0 Å². The van der Waals surface area contributed by atoms with Gasteiger partial charge in [0, 0.05) is 0 Å². The van der Waals surface area contributed by atoms with Crippen LogP contribution in [0.3, 0.4) is 0 Å². The van der Waals surface area contributed by atoms with Crippen LogP contribution in [0.25, 0.3) is 0 Å². The number of hydrogen-bond acceptors (Lipinski definition) is 1. The van der Waals surface area contributed by atoms with Crippen molar-refractivity contribution < 1.29 is 5.11 Å². The molecular weight excluding hydrogens is 292 g/mol. The molecule has 5 saturated carbocycles. The highest BCUT2D eigenvalue weighted by Gasteiger charge is 2.59. The van der Waals surface area contributed by atoms with Crippen LogP contribution in [-0.2, 0) is 0 Å². The summed E-state index contributed by atoms with van der Waals surface area (Å²) in [7, 11) is 0. The lowest BCUT2D eigenvalue weighted by Gasteiger charge is -2.60. The van der Waals surface area contributed by atoms with Gasteiger partial charge in [-0.3, -0.25) is 0 Å². The van der Waals surface area contributed by atoms with Gasteiger partial charge < -0.3 is 5.11 Å². The van der Waals surface area contributed by atoms with Gasteiger partial charge in [0.15, 0.2) is 0 Å². The van der Waals surface area contributed by atoms with Crippen molar-refractivity contribution in [2.45, 2.75) is 98.0 Å². The summed E-state index contributed by atoms with van der Waals surface area (Å²) in [5.74, 6) is 3.73. The summed E-state index contributed by atoms with van der Waals surface area (Å²) < 4.78 is 0. The van der Waals surface area contributed by atoms with Crippen molar-refractivity contribution in [2.75, 3.05) is 0 Å². The molecule has 24 heavy (non-hydrogen) atoms. The summed E-state index contributed by atoms with van der Waals surface area (Å²) >= 11 is 0. The Kier molecular flexibility index (Phi) is 4.00. The first-order valence-corrected chi connectivity index (χ1v) is 10.4. The minimum Gasteiger partial charge on any atom is -0.393 e. The minimum atomic E-state index is -0.00355. The number of rotatable bonds is 0. The second-order valence-corrected chi connectivity index (χ2v) is 10.2. The molecule has 7 unspecified atom stereocenters. The van der Waals surface area contributed by atoms with Gasteiger partial charge >= 0.3 is 0 Å². The van der Waals surface area contributed by atoms with E-state index in [0.717, 1.165) is 36.5 Å². The predicted molar refractivity (Wildman–Crippen MR) is 101 cm³/mol. The molecule has 7 atom stereocenters. The Bertz CT molecular complexity index is 542. The van der Waals surface area contributed by atoms with Gasteiger partial charge in [-0.15, -0.1) is 0 Å². The fourth-order valence-corrected chi connectivity index (χ4v) is 7.99. The van der Waals surface area contributed by atoms with E-state index in [0.29, 0.717) is 10.8 Å². The predicted octanol–water partition coefficient (Wildman–Crippen LogP) is 6.12. The number of hydrogen-bond donors (Lipinski definition) is 1. The normalized spacial score (nSPS) is 52.9. The van der Waals surface area contributed by atoms with Crippen molar-refractivity contribution in [2.24, 2.45) is 34.5 Å². The van der Waals surface area contributed by atoms with Crippen LogP contribution in [0, 0.1) is 34.5 Å². The standard InChI is InChI=1S/C22H34O.CH4/c1-21-11-9-16(23)13-15(21)5-6-17-19-8-7-18(14-3-4-14)22(19,2)12-10-20(17)21;/h15-17,19-20,23H,3-13H2,1-2H3;1H4. The van der Waals surface area contributed by atoms with E-state index in [4.69, 9.17) is 0 Å². The Labute approximate surface area is 149 Å². The summed E-state index contributed by atoms with van der Waals surface area (Å²) in [6.45, 7) is 5.25. The molecule has 0 heterocycles. The van der Waals surface area contributed by atoms with Gasteiger partial charge in [-0.2, -0.15) is 0 Å². The third kappa shape index (κ3) is 2.22. The number of aliphatic hydroxyl groups is 1. The molecule has 0 saturated heterocycles. The average Bonchev–Trinajstić information content (AvgIpc) is 3.29. The van der Waals surface area contributed by atoms with E-state index in [1.165, 1.54) is 57.8 Å². The third-order valence-corrected chi connectivity index (χ3v) is 9.35. The van der Waals surface area contributed by atoms with Crippen molar-refractivity contribution in [3.05, 3.63) is 11.1 Å². The Balaban J connectivity index is 0.00000146. The van der Waals surface area contributed by atoms with E-state index in [-0.39, 0.29) is 13.5 Å². The highest BCUT2D eigenvalue weighted by molar-refractivity contribution is 5.35. The fraction of sp³-hybridized carbons (Fsp3) is 0.913. The van der Waals surface area contributed by atoms with Gasteiger partial charge in [-0.25, -0.2) is 0 Å².